The molecule has 0 saturated carbocycles. The van der Waals surface area contributed by atoms with E-state index in [4.69, 9.17) is 11.5 Å². The first kappa shape index (κ1) is 19.2. The summed E-state index contributed by atoms with van der Waals surface area (Å²) in [6.45, 7) is 0.274. The van der Waals surface area contributed by atoms with Gasteiger partial charge < -0.3 is 21.5 Å². The van der Waals surface area contributed by atoms with E-state index in [0.29, 0.717) is 23.4 Å². The van der Waals surface area contributed by atoms with E-state index in [9.17, 15) is 14.4 Å². The Hall–Kier alpha value is -3.14. The van der Waals surface area contributed by atoms with Crippen LogP contribution in [0, 0.1) is 0 Å². The highest BCUT2D eigenvalue weighted by Crippen LogP contribution is 2.32. The summed E-state index contributed by atoms with van der Waals surface area (Å²) in [7, 11) is 1.30. The highest BCUT2D eigenvalue weighted by atomic mass is 32.1. The third-order valence-corrected chi connectivity index (χ3v) is 4.18. The fraction of sp³-hybridized carbons (Fsp3) is 0.250. The second-order valence-corrected chi connectivity index (χ2v) is 6.06. The van der Waals surface area contributed by atoms with Crippen LogP contribution in [0.5, 0.6) is 0 Å². The van der Waals surface area contributed by atoms with Crippen LogP contribution in [0.1, 0.15) is 23.2 Å². The highest BCUT2D eigenvalue weighted by Gasteiger charge is 2.21. The number of methoxy groups -OCH3 is 1. The van der Waals surface area contributed by atoms with Crippen molar-refractivity contribution in [1.29, 1.82) is 0 Å². The number of aromatic nitrogens is 1. The van der Waals surface area contributed by atoms with Crippen LogP contribution >= 0.6 is 11.5 Å². The molecule has 10 heteroatoms. The topological polar surface area (TPSA) is 149 Å². The van der Waals surface area contributed by atoms with Gasteiger partial charge in [0.05, 0.1) is 12.8 Å². The van der Waals surface area contributed by atoms with Gasteiger partial charge >= 0.3 is 12.0 Å². The zero-order chi connectivity index (χ0) is 19.1. The SMILES string of the molecule is COC(=O)CCCNC(=O)Nc1snc(-c2ccc(N)cc2)c1C(N)=O. The molecule has 0 aliphatic rings. The maximum Gasteiger partial charge on any atom is 0.319 e. The van der Waals surface area contributed by atoms with Crippen molar-refractivity contribution in [1.82, 2.24) is 9.69 Å². The average molecular weight is 377 g/mol. The number of carbonyl (C=O) groups is 3. The van der Waals surface area contributed by atoms with Crippen LogP contribution in [-0.2, 0) is 9.53 Å². The van der Waals surface area contributed by atoms with Crippen LogP contribution in [0.2, 0.25) is 0 Å². The Labute approximate surface area is 153 Å². The predicted octanol–water partition coefficient (Wildman–Crippen LogP) is 1.57. The molecule has 0 unspecified atom stereocenters. The second kappa shape index (κ2) is 8.81. The van der Waals surface area contributed by atoms with Crippen LogP contribution < -0.4 is 22.1 Å². The van der Waals surface area contributed by atoms with Gasteiger partial charge in [-0.1, -0.05) is 12.1 Å². The lowest BCUT2D eigenvalue weighted by atomic mass is 10.1. The fourth-order valence-electron chi connectivity index (χ4n) is 2.13. The molecule has 9 nitrogen and oxygen atoms in total. The smallest absolute Gasteiger partial charge is 0.319 e. The lowest BCUT2D eigenvalue weighted by Crippen LogP contribution is -2.30. The highest BCUT2D eigenvalue weighted by molar-refractivity contribution is 7.11. The number of nitrogens with two attached hydrogens (primary N) is 2. The summed E-state index contributed by atoms with van der Waals surface area (Å²) in [5.74, 6) is -1.05. The molecular weight excluding hydrogens is 358 g/mol. The van der Waals surface area contributed by atoms with E-state index in [0.717, 1.165) is 11.5 Å². The Balaban J connectivity index is 2.05. The molecule has 0 atom stereocenters. The van der Waals surface area contributed by atoms with E-state index in [1.165, 1.54) is 7.11 Å². The molecule has 0 bridgehead atoms. The number of carbonyl (C=O) groups excluding carboxylic acids is 3. The van der Waals surface area contributed by atoms with Crippen LogP contribution in [0.4, 0.5) is 15.5 Å². The van der Waals surface area contributed by atoms with Gasteiger partial charge in [0.2, 0.25) is 0 Å². The van der Waals surface area contributed by atoms with Crippen molar-refractivity contribution < 1.29 is 19.1 Å². The predicted molar refractivity (Wildman–Crippen MR) is 98.8 cm³/mol. The molecule has 0 spiro atoms. The summed E-state index contributed by atoms with van der Waals surface area (Å²) >= 11 is 0.951. The minimum atomic E-state index is -0.702. The quantitative estimate of drug-likeness (QED) is 0.327. The number of nitrogen functional groups attached to an aromatic ring is 1. The number of urea groups is 1. The number of ether oxygens (including phenoxy) is 1. The number of benzene rings is 1. The number of nitrogens with zero attached hydrogens (tertiary/aromatic N) is 1. The summed E-state index contributed by atoms with van der Waals surface area (Å²) in [5.41, 5.74) is 12.9. The Morgan fingerprint density at radius 2 is 1.92 bits per heavy atom. The van der Waals surface area contributed by atoms with Crippen molar-refractivity contribution in [2.45, 2.75) is 12.8 Å². The van der Waals surface area contributed by atoms with Gasteiger partial charge in [0, 0.05) is 24.2 Å². The van der Waals surface area contributed by atoms with Gasteiger partial charge in [-0.3, -0.25) is 14.9 Å². The van der Waals surface area contributed by atoms with Gasteiger partial charge in [0.25, 0.3) is 5.91 Å². The van der Waals surface area contributed by atoms with Gasteiger partial charge in [0.1, 0.15) is 10.6 Å². The summed E-state index contributed by atoms with van der Waals surface area (Å²) in [6.07, 6.45) is 0.632. The lowest BCUT2D eigenvalue weighted by Gasteiger charge is -2.07. The van der Waals surface area contributed by atoms with E-state index in [2.05, 4.69) is 19.7 Å². The largest absolute Gasteiger partial charge is 0.469 e. The Morgan fingerprint density at radius 1 is 1.23 bits per heavy atom. The van der Waals surface area contributed by atoms with Gasteiger partial charge in [-0.25, -0.2) is 4.79 Å². The molecule has 1 aromatic heterocycles. The van der Waals surface area contributed by atoms with Crippen LogP contribution in [0.3, 0.4) is 0 Å². The molecule has 6 N–H and O–H groups in total. The Bertz CT molecular complexity index is 803. The van der Waals surface area contributed by atoms with Crippen LogP contribution in [-0.4, -0.2) is 35.9 Å². The number of hydrogen-bond acceptors (Lipinski definition) is 7. The van der Waals surface area contributed by atoms with Crippen molar-refractivity contribution in [3.8, 4) is 11.3 Å². The minimum Gasteiger partial charge on any atom is -0.469 e. The third kappa shape index (κ3) is 4.93. The van der Waals surface area contributed by atoms with Crippen molar-refractivity contribution in [2.75, 3.05) is 24.7 Å². The van der Waals surface area contributed by atoms with Gasteiger partial charge in [-0.2, -0.15) is 4.37 Å². The molecule has 0 saturated heterocycles. The molecule has 26 heavy (non-hydrogen) atoms. The number of nitrogens with one attached hydrogen (secondary N) is 2. The first-order chi connectivity index (χ1) is 12.4. The molecule has 1 heterocycles. The average Bonchev–Trinajstić information content (AvgIpc) is 3.02. The van der Waals surface area contributed by atoms with Gasteiger partial charge in [0.15, 0.2) is 0 Å². The number of amides is 3. The molecule has 1 aromatic carbocycles. The normalized spacial score (nSPS) is 10.2. The monoisotopic (exact) mass is 377 g/mol. The molecule has 0 fully saturated rings. The maximum atomic E-state index is 12.0. The molecule has 0 aliphatic carbocycles. The second-order valence-electron chi connectivity index (χ2n) is 5.28. The number of esters is 1. The first-order valence-electron chi connectivity index (χ1n) is 7.69. The molecule has 0 aliphatic heterocycles. The van der Waals surface area contributed by atoms with Crippen molar-refractivity contribution in [3.05, 3.63) is 29.8 Å². The number of anilines is 2. The van der Waals surface area contributed by atoms with Crippen molar-refractivity contribution in [2.24, 2.45) is 5.73 Å². The Kier molecular flexibility index (Phi) is 6.50. The standard InChI is InChI=1S/C16H19N5O4S/c1-25-11(22)3-2-8-19-16(24)20-15-12(14(18)23)13(21-26-15)9-4-6-10(17)7-5-9/h4-7H,2-3,8,17H2,1H3,(H2,18,23)(H2,19,20,24). The molecule has 0 radical (unpaired) electrons. The van der Waals surface area contributed by atoms with Gasteiger partial charge in [-0.05, 0) is 30.1 Å². The summed E-state index contributed by atoms with van der Waals surface area (Å²) in [4.78, 5) is 34.8. The zero-order valence-corrected chi connectivity index (χ0v) is 14.9. The van der Waals surface area contributed by atoms with E-state index >= 15 is 0 Å². The lowest BCUT2D eigenvalue weighted by molar-refractivity contribution is -0.140. The fourth-order valence-corrected chi connectivity index (χ4v) is 2.93. The van der Waals surface area contributed by atoms with E-state index in [1.807, 2.05) is 0 Å². The third-order valence-electron chi connectivity index (χ3n) is 3.42. The summed E-state index contributed by atoms with van der Waals surface area (Å²) < 4.78 is 8.73. The van der Waals surface area contributed by atoms with E-state index in [-0.39, 0.29) is 29.5 Å². The van der Waals surface area contributed by atoms with Crippen molar-refractivity contribution >= 4 is 40.1 Å². The summed E-state index contributed by atoms with van der Waals surface area (Å²) in [6, 6.07) is 6.27. The first-order valence-corrected chi connectivity index (χ1v) is 8.46. The maximum absolute atomic E-state index is 12.0. The van der Waals surface area contributed by atoms with E-state index in [1.54, 1.807) is 24.3 Å². The van der Waals surface area contributed by atoms with Gasteiger partial charge in [-0.15, -0.1) is 0 Å². The molecule has 138 valence electrons. The van der Waals surface area contributed by atoms with Crippen LogP contribution in [0.15, 0.2) is 24.3 Å². The molecule has 3 amide bonds. The number of rotatable bonds is 7. The molecular formula is C16H19N5O4S. The minimum absolute atomic E-state index is 0.129. The van der Waals surface area contributed by atoms with Crippen molar-refractivity contribution in [3.63, 3.8) is 0 Å². The van der Waals surface area contributed by atoms with E-state index < -0.39 is 11.9 Å². The number of primary amides is 1. The van der Waals surface area contributed by atoms with Crippen LogP contribution in [0.25, 0.3) is 11.3 Å². The Morgan fingerprint density at radius 3 is 2.54 bits per heavy atom. The zero-order valence-electron chi connectivity index (χ0n) is 14.1. The summed E-state index contributed by atoms with van der Waals surface area (Å²) in [5, 5.41) is 5.39. The molecule has 2 aromatic rings. The molecule has 2 rings (SSSR count). The number of hydrogen-bond donors (Lipinski definition) is 4.